The fourth-order valence-corrected chi connectivity index (χ4v) is 3.08. The molecule has 0 aliphatic heterocycles. The van der Waals surface area contributed by atoms with Crippen molar-refractivity contribution in [2.45, 2.75) is 6.18 Å². The van der Waals surface area contributed by atoms with Crippen molar-refractivity contribution in [2.24, 2.45) is 0 Å². The molecule has 7 nitrogen and oxygen atoms in total. The van der Waals surface area contributed by atoms with E-state index in [0.29, 0.717) is 0 Å². The lowest BCUT2D eigenvalue weighted by Crippen LogP contribution is -2.09. The zero-order valence-corrected chi connectivity index (χ0v) is 17.2. The van der Waals surface area contributed by atoms with Gasteiger partial charge < -0.3 is 20.8 Å². The number of hydrogen-bond donors (Lipinski definition) is 4. The number of aliphatic hydroxyl groups excluding tert-OH is 1. The number of aromatic carboxylic acids is 1. The number of carbonyl (C=O) groups is 1. The summed E-state index contributed by atoms with van der Waals surface area (Å²) in [4.78, 5) is 11.7. The molecule has 0 spiro atoms. The predicted octanol–water partition coefficient (Wildman–Crippen LogP) is 6.16. The molecule has 0 radical (unpaired) electrons. The largest absolute Gasteiger partial charge is 0.508 e. The molecular formula is C24H15F3N4O3. The molecular weight excluding hydrogens is 449 g/mol. The number of nitriles is 2. The molecule has 0 aromatic heterocycles. The fraction of sp³-hybridized carbons (Fsp3) is 0.0417. The van der Waals surface area contributed by atoms with Gasteiger partial charge in [0.2, 0.25) is 0 Å². The number of alkyl halides is 3. The molecule has 0 unspecified atom stereocenters. The second-order valence-electron chi connectivity index (χ2n) is 7.00. The van der Waals surface area contributed by atoms with Crippen LogP contribution in [-0.4, -0.2) is 16.2 Å². The lowest BCUT2D eigenvalue weighted by Gasteiger charge is -2.19. The molecule has 0 bridgehead atoms. The number of aliphatic hydroxyl groups is 1. The minimum Gasteiger partial charge on any atom is -0.508 e. The van der Waals surface area contributed by atoms with Crippen LogP contribution in [0.1, 0.15) is 32.6 Å². The smallest absolute Gasteiger partial charge is 0.416 e. The minimum absolute atomic E-state index is 0.0412. The average molecular weight is 464 g/mol. The predicted molar refractivity (Wildman–Crippen MR) is 119 cm³/mol. The van der Waals surface area contributed by atoms with Gasteiger partial charge in [0.25, 0.3) is 0 Å². The molecule has 170 valence electrons. The van der Waals surface area contributed by atoms with Crippen LogP contribution < -0.4 is 10.6 Å². The van der Waals surface area contributed by atoms with E-state index < -0.39 is 17.7 Å². The van der Waals surface area contributed by atoms with Crippen LogP contribution in [0.15, 0.2) is 61.2 Å². The topological polar surface area (TPSA) is 129 Å². The number of rotatable bonds is 6. The van der Waals surface area contributed by atoms with Crippen LogP contribution in [0.5, 0.6) is 0 Å². The van der Waals surface area contributed by atoms with Crippen molar-refractivity contribution in [1.29, 1.82) is 10.5 Å². The van der Waals surface area contributed by atoms with Gasteiger partial charge in [0.15, 0.2) is 0 Å². The van der Waals surface area contributed by atoms with Crippen LogP contribution in [0.4, 0.5) is 35.9 Å². The summed E-state index contributed by atoms with van der Waals surface area (Å²) in [5, 5.41) is 43.1. The number of nitrogens with one attached hydrogen (secondary N) is 2. The van der Waals surface area contributed by atoms with E-state index in [-0.39, 0.29) is 50.8 Å². The van der Waals surface area contributed by atoms with E-state index in [0.717, 1.165) is 24.3 Å². The van der Waals surface area contributed by atoms with Crippen LogP contribution in [-0.2, 0) is 6.18 Å². The van der Waals surface area contributed by atoms with Crippen LogP contribution in [0, 0.1) is 22.7 Å². The molecule has 3 aromatic carbocycles. The summed E-state index contributed by atoms with van der Waals surface area (Å²) in [6, 6.07) is 14.4. The molecule has 10 heteroatoms. The van der Waals surface area contributed by atoms with Gasteiger partial charge in [0.1, 0.15) is 5.76 Å². The number of carboxylic acid groups (broad SMARTS) is 1. The van der Waals surface area contributed by atoms with Crippen molar-refractivity contribution in [1.82, 2.24) is 0 Å². The van der Waals surface area contributed by atoms with Crippen LogP contribution in [0.3, 0.4) is 0 Å². The standard InChI is InChI=1S/C24H15F3N4O3/c1-13(32)17-8-14(11-28)2-5-19(17)30-21-7-4-16(24(25,26)27)10-22(21)31-20-6-3-15(12-29)9-18(20)23(33)34/h2-10,30-32H,1H2,(H,33,34). The highest BCUT2D eigenvalue weighted by molar-refractivity contribution is 5.96. The van der Waals surface area contributed by atoms with Gasteiger partial charge in [0.05, 0.1) is 51.5 Å². The summed E-state index contributed by atoms with van der Waals surface area (Å²) in [5.74, 6) is -1.76. The number of carboxylic acids is 1. The maximum Gasteiger partial charge on any atom is 0.416 e. The molecule has 0 fully saturated rings. The van der Waals surface area contributed by atoms with Crippen LogP contribution in [0.25, 0.3) is 5.76 Å². The fourth-order valence-electron chi connectivity index (χ4n) is 3.08. The SMILES string of the molecule is C=C(O)c1cc(C#N)ccc1Nc1ccc(C(F)(F)F)cc1Nc1ccc(C#N)cc1C(=O)O. The van der Waals surface area contributed by atoms with Gasteiger partial charge in [-0.05, 0) is 54.6 Å². The maximum absolute atomic E-state index is 13.4. The highest BCUT2D eigenvalue weighted by atomic mass is 19.4. The normalized spacial score (nSPS) is 10.6. The highest BCUT2D eigenvalue weighted by Crippen LogP contribution is 2.38. The number of halogens is 3. The van der Waals surface area contributed by atoms with Crippen molar-refractivity contribution in [3.63, 3.8) is 0 Å². The lowest BCUT2D eigenvalue weighted by molar-refractivity contribution is -0.137. The number of benzene rings is 3. The summed E-state index contributed by atoms with van der Waals surface area (Å²) in [6.45, 7) is 3.44. The van der Waals surface area contributed by atoms with Crippen molar-refractivity contribution >= 4 is 34.5 Å². The Bertz CT molecular complexity index is 1390. The molecule has 0 atom stereocenters. The van der Waals surface area contributed by atoms with Gasteiger partial charge in [-0.2, -0.15) is 23.7 Å². The molecule has 0 aliphatic carbocycles. The first kappa shape index (κ1) is 23.7. The van der Waals surface area contributed by atoms with E-state index in [1.807, 2.05) is 6.07 Å². The Balaban J connectivity index is 2.13. The zero-order valence-electron chi connectivity index (χ0n) is 17.2. The summed E-state index contributed by atoms with van der Waals surface area (Å²) in [7, 11) is 0. The summed E-state index contributed by atoms with van der Waals surface area (Å²) >= 11 is 0. The van der Waals surface area contributed by atoms with E-state index >= 15 is 0 Å². The average Bonchev–Trinajstić information content (AvgIpc) is 2.79. The first-order valence-electron chi connectivity index (χ1n) is 9.48. The minimum atomic E-state index is -4.67. The number of nitrogens with zero attached hydrogens (tertiary/aromatic N) is 2. The van der Waals surface area contributed by atoms with Crippen molar-refractivity contribution in [3.8, 4) is 12.1 Å². The van der Waals surface area contributed by atoms with E-state index in [2.05, 4.69) is 17.2 Å². The Hall–Kier alpha value is -4.96. The van der Waals surface area contributed by atoms with Gasteiger partial charge in [0, 0.05) is 11.3 Å². The van der Waals surface area contributed by atoms with Crippen LogP contribution >= 0.6 is 0 Å². The molecule has 0 aliphatic rings. The number of hydrogen-bond acceptors (Lipinski definition) is 6. The highest BCUT2D eigenvalue weighted by Gasteiger charge is 2.31. The number of anilines is 4. The summed E-state index contributed by atoms with van der Waals surface area (Å²) in [5.41, 5.74) is -0.675. The second-order valence-corrected chi connectivity index (χ2v) is 7.00. The first-order chi connectivity index (χ1) is 16.0. The summed E-state index contributed by atoms with van der Waals surface area (Å²) in [6.07, 6.45) is -4.67. The van der Waals surface area contributed by atoms with E-state index in [4.69, 9.17) is 10.5 Å². The van der Waals surface area contributed by atoms with Gasteiger partial charge >= 0.3 is 12.1 Å². The molecule has 34 heavy (non-hydrogen) atoms. The molecule has 4 N–H and O–H groups in total. The van der Waals surface area contributed by atoms with Gasteiger partial charge in [-0.15, -0.1) is 0 Å². The molecule has 3 aromatic rings. The third kappa shape index (κ3) is 5.09. The Kier molecular flexibility index (Phi) is 6.46. The van der Waals surface area contributed by atoms with Crippen molar-refractivity contribution in [3.05, 3.63) is 89.0 Å². The summed E-state index contributed by atoms with van der Waals surface area (Å²) < 4.78 is 40.1. The Labute approximate surface area is 191 Å². The third-order valence-corrected chi connectivity index (χ3v) is 4.72. The van der Waals surface area contributed by atoms with Gasteiger partial charge in [-0.1, -0.05) is 6.58 Å². The van der Waals surface area contributed by atoms with E-state index in [9.17, 15) is 28.2 Å². The Morgan fingerprint density at radius 1 is 0.794 bits per heavy atom. The van der Waals surface area contributed by atoms with E-state index in [1.54, 1.807) is 6.07 Å². The lowest BCUT2D eigenvalue weighted by atomic mass is 10.1. The monoisotopic (exact) mass is 464 g/mol. The molecule has 0 saturated carbocycles. The zero-order chi connectivity index (χ0) is 25.0. The van der Waals surface area contributed by atoms with Crippen molar-refractivity contribution in [2.75, 3.05) is 10.6 Å². The Morgan fingerprint density at radius 2 is 1.29 bits per heavy atom. The van der Waals surface area contributed by atoms with Crippen molar-refractivity contribution < 1.29 is 28.2 Å². The Morgan fingerprint density at radius 3 is 1.79 bits per heavy atom. The second kappa shape index (κ2) is 9.27. The molecule has 0 heterocycles. The molecule has 0 amide bonds. The third-order valence-electron chi connectivity index (χ3n) is 4.72. The first-order valence-corrected chi connectivity index (χ1v) is 9.48. The quantitative estimate of drug-likeness (QED) is 0.321. The van der Waals surface area contributed by atoms with Gasteiger partial charge in [-0.25, -0.2) is 4.79 Å². The van der Waals surface area contributed by atoms with Gasteiger partial charge in [-0.3, -0.25) is 0 Å². The van der Waals surface area contributed by atoms with Crippen LogP contribution in [0.2, 0.25) is 0 Å². The van der Waals surface area contributed by atoms with E-state index in [1.165, 1.54) is 30.3 Å². The maximum atomic E-state index is 13.4. The molecule has 3 rings (SSSR count). The molecule has 0 saturated heterocycles.